The van der Waals surface area contributed by atoms with Gasteiger partial charge in [0, 0.05) is 55.9 Å². The lowest BCUT2D eigenvalue weighted by Gasteiger charge is -2.29. The van der Waals surface area contributed by atoms with Crippen molar-refractivity contribution < 1.29 is 4.74 Å². The molecule has 160 valence electrons. The van der Waals surface area contributed by atoms with Crippen LogP contribution in [-0.4, -0.2) is 0 Å². The Kier molecular flexibility index (Phi) is 12.0. The highest BCUT2D eigenvalue weighted by Gasteiger charge is 2.29. The Morgan fingerprint density at radius 2 is 0.655 bits per heavy atom. The second-order valence-electron chi connectivity index (χ2n) is 5.90. The molecule has 1 nitrogen and oxygen atoms in total. The van der Waals surface area contributed by atoms with Crippen LogP contribution >= 0.6 is 159 Å². The van der Waals surface area contributed by atoms with Gasteiger partial charge < -0.3 is 4.74 Å². The van der Waals surface area contributed by atoms with E-state index in [2.05, 4.69) is 173 Å². The molecule has 0 amide bonds. The summed E-state index contributed by atoms with van der Waals surface area (Å²) in [6, 6.07) is 0. The normalized spacial score (nSPS) is 13.7. The highest BCUT2D eigenvalue weighted by Crippen LogP contribution is 2.51. The van der Waals surface area contributed by atoms with Crippen LogP contribution in [0.3, 0.4) is 0 Å². The summed E-state index contributed by atoms with van der Waals surface area (Å²) in [6.07, 6.45) is 1.35. The molecule has 0 heterocycles. The number of ether oxygens (including phenoxy) is 1. The summed E-state index contributed by atoms with van der Waals surface area (Å²) < 4.78 is 16.2. The SMILES string of the molecule is CCC(OC(CC)c1c(Br)c(Br)c(Br)c(Br)c1Br)c1c(Br)c(Br)c(Br)c(Br)c1Br. The maximum atomic E-state index is 6.71. The van der Waals surface area contributed by atoms with E-state index in [-0.39, 0.29) is 12.2 Å². The smallest absolute Gasteiger partial charge is 0.0853 e. The van der Waals surface area contributed by atoms with Crippen LogP contribution in [0.1, 0.15) is 50.0 Å². The second kappa shape index (κ2) is 12.2. The van der Waals surface area contributed by atoms with Gasteiger partial charge >= 0.3 is 0 Å². The molecule has 2 aromatic carbocycles. The minimum absolute atomic E-state index is 0.135. The van der Waals surface area contributed by atoms with Crippen LogP contribution in [0.5, 0.6) is 0 Å². The summed E-state index contributed by atoms with van der Waals surface area (Å²) in [5.74, 6) is 0. The fraction of sp³-hybridized carbons (Fsp3) is 0.333. The Balaban J connectivity index is 2.60. The van der Waals surface area contributed by atoms with Crippen molar-refractivity contribution in [2.75, 3.05) is 0 Å². The first-order valence-corrected chi connectivity index (χ1v) is 16.1. The van der Waals surface area contributed by atoms with Gasteiger partial charge in [-0.1, -0.05) is 13.8 Å². The average molecular weight is 1040 g/mol. The summed E-state index contributed by atoms with van der Waals surface area (Å²) in [5.41, 5.74) is 2.10. The Hall–Kier alpha value is 3.20. The van der Waals surface area contributed by atoms with Crippen LogP contribution in [0.25, 0.3) is 0 Å². The lowest BCUT2D eigenvalue weighted by atomic mass is 10.0. The van der Waals surface area contributed by atoms with Crippen molar-refractivity contribution >= 4 is 159 Å². The van der Waals surface area contributed by atoms with Crippen molar-refractivity contribution in [2.24, 2.45) is 0 Å². The molecule has 2 aromatic rings. The predicted molar refractivity (Wildman–Crippen MR) is 157 cm³/mol. The monoisotopic (exact) mass is 1030 g/mol. The number of hydrogen-bond acceptors (Lipinski definition) is 1. The zero-order chi connectivity index (χ0) is 22.2. The van der Waals surface area contributed by atoms with Gasteiger partial charge in [-0.05, 0) is 172 Å². The second-order valence-corrected chi connectivity index (χ2v) is 13.8. The fourth-order valence-corrected chi connectivity index (χ4v) is 9.92. The Labute approximate surface area is 254 Å². The molecular formula is C18H12Br10O. The third-order valence-corrected chi connectivity index (χ3v) is 16.5. The first-order chi connectivity index (χ1) is 13.5. The standard InChI is InChI=1S/C18H12Br10O/c1-3-5(7-9(19)13(23)17(27)14(24)10(7)20)29-6(4-2)8-11(21)15(25)18(28)16(26)12(8)22/h5-6H,3-4H2,1-2H3. The molecule has 0 spiro atoms. The topological polar surface area (TPSA) is 9.23 Å². The molecule has 0 fully saturated rings. The van der Waals surface area contributed by atoms with E-state index >= 15 is 0 Å². The van der Waals surface area contributed by atoms with E-state index in [4.69, 9.17) is 4.74 Å². The van der Waals surface area contributed by atoms with Crippen molar-refractivity contribution in [1.29, 1.82) is 0 Å². The van der Waals surface area contributed by atoms with Crippen molar-refractivity contribution in [3.05, 3.63) is 55.9 Å². The van der Waals surface area contributed by atoms with Crippen molar-refractivity contribution in [2.45, 2.75) is 38.9 Å². The average Bonchev–Trinajstić information content (AvgIpc) is 2.71. The van der Waals surface area contributed by atoms with Gasteiger partial charge in [0.05, 0.1) is 12.2 Å². The molecule has 0 aromatic heterocycles. The van der Waals surface area contributed by atoms with Crippen LogP contribution in [0.2, 0.25) is 0 Å². The molecular weight excluding hydrogens is 1030 g/mol. The number of benzene rings is 2. The first-order valence-electron chi connectivity index (χ1n) is 8.17. The Bertz CT molecular complexity index is 810. The molecule has 2 unspecified atom stereocenters. The van der Waals surface area contributed by atoms with Crippen molar-refractivity contribution in [3.63, 3.8) is 0 Å². The minimum atomic E-state index is -0.135. The van der Waals surface area contributed by atoms with E-state index < -0.39 is 0 Å². The molecule has 0 aliphatic heterocycles. The van der Waals surface area contributed by atoms with Gasteiger partial charge in [0.1, 0.15) is 0 Å². The zero-order valence-corrected chi connectivity index (χ0v) is 30.6. The maximum Gasteiger partial charge on any atom is 0.0853 e. The molecule has 11 heteroatoms. The van der Waals surface area contributed by atoms with E-state index in [0.717, 1.165) is 68.7 Å². The molecule has 29 heavy (non-hydrogen) atoms. The highest BCUT2D eigenvalue weighted by molar-refractivity contribution is 9.16. The lowest BCUT2D eigenvalue weighted by molar-refractivity contribution is -0.0208. The van der Waals surface area contributed by atoms with Gasteiger partial charge in [0.2, 0.25) is 0 Å². The van der Waals surface area contributed by atoms with Gasteiger partial charge in [-0.25, -0.2) is 0 Å². The highest BCUT2D eigenvalue weighted by atomic mass is 79.9. The summed E-state index contributed by atoms with van der Waals surface area (Å²) >= 11 is 36.8. The third kappa shape index (κ3) is 5.89. The summed E-state index contributed by atoms with van der Waals surface area (Å²) in [6.45, 7) is 4.25. The third-order valence-electron chi connectivity index (χ3n) is 4.20. The number of halogens is 10. The molecule has 0 aliphatic rings. The summed E-state index contributed by atoms with van der Waals surface area (Å²) in [7, 11) is 0. The number of hydrogen-bond donors (Lipinski definition) is 0. The minimum Gasteiger partial charge on any atom is -0.365 e. The van der Waals surface area contributed by atoms with E-state index in [9.17, 15) is 0 Å². The molecule has 0 aliphatic carbocycles. The molecule has 2 atom stereocenters. The van der Waals surface area contributed by atoms with Gasteiger partial charge in [-0.15, -0.1) is 0 Å². The van der Waals surface area contributed by atoms with Crippen LogP contribution in [0.4, 0.5) is 0 Å². The Morgan fingerprint density at radius 3 is 0.862 bits per heavy atom. The van der Waals surface area contributed by atoms with Crippen LogP contribution in [-0.2, 0) is 4.74 Å². The number of rotatable bonds is 6. The van der Waals surface area contributed by atoms with Crippen molar-refractivity contribution in [1.82, 2.24) is 0 Å². The van der Waals surface area contributed by atoms with Gasteiger partial charge in [0.15, 0.2) is 0 Å². The summed E-state index contributed by atoms with van der Waals surface area (Å²) in [4.78, 5) is 0. The van der Waals surface area contributed by atoms with E-state index in [1.807, 2.05) is 0 Å². The molecule has 0 radical (unpaired) electrons. The van der Waals surface area contributed by atoms with E-state index in [0.29, 0.717) is 0 Å². The van der Waals surface area contributed by atoms with Gasteiger partial charge in [-0.2, -0.15) is 0 Å². The van der Waals surface area contributed by atoms with Crippen molar-refractivity contribution in [3.8, 4) is 0 Å². The molecule has 2 rings (SSSR count). The Morgan fingerprint density at radius 1 is 0.448 bits per heavy atom. The van der Waals surface area contributed by atoms with Crippen LogP contribution in [0.15, 0.2) is 44.7 Å². The van der Waals surface area contributed by atoms with E-state index in [1.54, 1.807) is 0 Å². The summed E-state index contributed by atoms with van der Waals surface area (Å²) in [5, 5.41) is 0. The molecule has 0 bridgehead atoms. The molecule has 0 saturated heterocycles. The largest absolute Gasteiger partial charge is 0.365 e. The van der Waals surface area contributed by atoms with Gasteiger partial charge in [-0.3, -0.25) is 0 Å². The van der Waals surface area contributed by atoms with Crippen LogP contribution < -0.4 is 0 Å². The zero-order valence-electron chi connectivity index (χ0n) is 14.8. The predicted octanol–water partition coefficient (Wildman–Crippen LogP) is 12.9. The lowest BCUT2D eigenvalue weighted by Crippen LogP contribution is -2.13. The quantitative estimate of drug-likeness (QED) is 0.207. The fourth-order valence-electron chi connectivity index (χ4n) is 2.74. The maximum absolute atomic E-state index is 6.71. The van der Waals surface area contributed by atoms with Gasteiger partial charge in [0.25, 0.3) is 0 Å². The molecule has 0 saturated carbocycles. The molecule has 0 N–H and O–H groups in total. The first kappa shape index (κ1) is 28.4. The van der Waals surface area contributed by atoms with E-state index in [1.165, 1.54) is 0 Å². The van der Waals surface area contributed by atoms with Crippen LogP contribution in [0, 0.1) is 0 Å².